The lowest BCUT2D eigenvalue weighted by molar-refractivity contribution is 0.416. The van der Waals surface area contributed by atoms with E-state index in [0.29, 0.717) is 0 Å². The van der Waals surface area contributed by atoms with E-state index in [1.165, 1.54) is 13.1 Å². The van der Waals surface area contributed by atoms with Crippen molar-refractivity contribution in [3.8, 4) is 0 Å². The zero-order valence-corrected chi connectivity index (χ0v) is 8.68. The van der Waals surface area contributed by atoms with Crippen molar-refractivity contribution >= 4 is 15.9 Å². The van der Waals surface area contributed by atoms with Crippen molar-refractivity contribution in [3.63, 3.8) is 0 Å². The first-order chi connectivity index (χ1) is 5.27. The molecule has 1 fully saturated rings. The van der Waals surface area contributed by atoms with Crippen molar-refractivity contribution in [2.24, 2.45) is 5.92 Å². The van der Waals surface area contributed by atoms with Crippen LogP contribution >= 0.6 is 15.9 Å². The molecule has 1 aliphatic heterocycles. The first-order valence-electron chi connectivity index (χ1n) is 4.18. The van der Waals surface area contributed by atoms with Gasteiger partial charge in [-0.1, -0.05) is 28.9 Å². The number of alkyl halides is 1. The largest absolute Gasteiger partial charge is 0.296 e. The molecule has 3 atom stereocenters. The van der Waals surface area contributed by atoms with Gasteiger partial charge in [0.25, 0.3) is 0 Å². The highest BCUT2D eigenvalue weighted by atomic mass is 79.9. The Labute approximate surface area is 77.6 Å². The van der Waals surface area contributed by atoms with E-state index in [9.17, 15) is 0 Å². The molecule has 2 heteroatoms. The van der Waals surface area contributed by atoms with Crippen LogP contribution in [0.25, 0.3) is 0 Å². The predicted molar refractivity (Wildman–Crippen MR) is 53.1 cm³/mol. The SMILES string of the molecule is C=CCC(C)CN1CC1CBr. The molecule has 0 aromatic heterocycles. The molecule has 0 spiro atoms. The van der Waals surface area contributed by atoms with E-state index in [4.69, 9.17) is 0 Å². The minimum atomic E-state index is 0.775. The van der Waals surface area contributed by atoms with Gasteiger partial charge < -0.3 is 0 Å². The van der Waals surface area contributed by atoms with E-state index in [1.807, 2.05) is 6.08 Å². The second-order valence-electron chi connectivity index (χ2n) is 3.39. The van der Waals surface area contributed by atoms with Crippen LogP contribution in [0.4, 0.5) is 0 Å². The molecule has 0 N–H and O–H groups in total. The third kappa shape index (κ3) is 2.96. The van der Waals surface area contributed by atoms with Crippen LogP contribution in [0.1, 0.15) is 13.3 Å². The molecule has 0 bridgehead atoms. The molecule has 0 aliphatic carbocycles. The lowest BCUT2D eigenvalue weighted by Crippen LogP contribution is -2.12. The molecular formula is C9H16BrN. The molecule has 64 valence electrons. The molecule has 1 rings (SSSR count). The van der Waals surface area contributed by atoms with Crippen molar-refractivity contribution in [2.75, 3.05) is 18.4 Å². The highest BCUT2D eigenvalue weighted by molar-refractivity contribution is 9.09. The highest BCUT2D eigenvalue weighted by Gasteiger charge is 2.32. The topological polar surface area (TPSA) is 3.01 Å². The number of allylic oxidation sites excluding steroid dienone is 1. The monoisotopic (exact) mass is 217 g/mol. The van der Waals surface area contributed by atoms with Gasteiger partial charge in [-0.05, 0) is 12.3 Å². The van der Waals surface area contributed by atoms with Gasteiger partial charge in [0, 0.05) is 24.5 Å². The van der Waals surface area contributed by atoms with Crippen LogP contribution in [0.2, 0.25) is 0 Å². The maximum atomic E-state index is 3.74. The van der Waals surface area contributed by atoms with Gasteiger partial charge in [-0.3, -0.25) is 4.90 Å². The van der Waals surface area contributed by atoms with E-state index in [2.05, 4.69) is 34.3 Å². The quantitative estimate of drug-likeness (QED) is 0.388. The third-order valence-corrected chi connectivity index (χ3v) is 2.87. The van der Waals surface area contributed by atoms with Crippen LogP contribution < -0.4 is 0 Å². The molecule has 11 heavy (non-hydrogen) atoms. The summed E-state index contributed by atoms with van der Waals surface area (Å²) >= 11 is 3.48. The fraction of sp³-hybridized carbons (Fsp3) is 0.778. The second kappa shape index (κ2) is 4.27. The van der Waals surface area contributed by atoms with Gasteiger partial charge in [0.05, 0.1) is 0 Å². The van der Waals surface area contributed by atoms with Crippen molar-refractivity contribution in [2.45, 2.75) is 19.4 Å². The summed E-state index contributed by atoms with van der Waals surface area (Å²) < 4.78 is 0. The molecule has 1 heterocycles. The van der Waals surface area contributed by atoms with E-state index >= 15 is 0 Å². The van der Waals surface area contributed by atoms with Crippen LogP contribution in [-0.2, 0) is 0 Å². The Morgan fingerprint density at radius 3 is 3.00 bits per heavy atom. The Balaban J connectivity index is 2.07. The summed E-state index contributed by atoms with van der Waals surface area (Å²) in [7, 11) is 0. The molecule has 0 saturated carbocycles. The van der Waals surface area contributed by atoms with Gasteiger partial charge in [-0.15, -0.1) is 6.58 Å². The van der Waals surface area contributed by atoms with Gasteiger partial charge in [0.15, 0.2) is 0 Å². The van der Waals surface area contributed by atoms with Crippen LogP contribution in [-0.4, -0.2) is 29.4 Å². The number of hydrogen-bond acceptors (Lipinski definition) is 1. The van der Waals surface area contributed by atoms with Crippen molar-refractivity contribution in [1.82, 2.24) is 4.90 Å². The average Bonchev–Trinajstić information content (AvgIpc) is 2.68. The molecular weight excluding hydrogens is 202 g/mol. The average molecular weight is 218 g/mol. The fourth-order valence-electron chi connectivity index (χ4n) is 1.35. The Morgan fingerprint density at radius 2 is 2.55 bits per heavy atom. The third-order valence-electron chi connectivity index (χ3n) is 2.12. The lowest BCUT2D eigenvalue weighted by Gasteiger charge is -2.08. The smallest absolute Gasteiger partial charge is 0.0320 e. The minimum absolute atomic E-state index is 0.775. The number of rotatable bonds is 5. The molecule has 3 unspecified atom stereocenters. The molecule has 0 radical (unpaired) electrons. The molecule has 1 nitrogen and oxygen atoms in total. The number of hydrogen-bond donors (Lipinski definition) is 0. The van der Waals surface area contributed by atoms with Gasteiger partial charge in [-0.2, -0.15) is 0 Å². The first kappa shape index (κ1) is 9.27. The summed E-state index contributed by atoms with van der Waals surface area (Å²) in [5.41, 5.74) is 0. The Hall–Kier alpha value is 0.180. The first-order valence-corrected chi connectivity index (χ1v) is 5.31. The van der Waals surface area contributed by atoms with Gasteiger partial charge >= 0.3 is 0 Å². The van der Waals surface area contributed by atoms with Crippen LogP contribution in [0, 0.1) is 5.92 Å². The van der Waals surface area contributed by atoms with E-state index < -0.39 is 0 Å². The molecule has 1 aliphatic rings. The van der Waals surface area contributed by atoms with Crippen molar-refractivity contribution in [1.29, 1.82) is 0 Å². The molecule has 1 saturated heterocycles. The van der Waals surface area contributed by atoms with Crippen molar-refractivity contribution in [3.05, 3.63) is 12.7 Å². The Kier molecular flexibility index (Phi) is 3.60. The summed E-state index contributed by atoms with van der Waals surface area (Å²) in [6, 6.07) is 0.822. The lowest BCUT2D eigenvalue weighted by atomic mass is 10.1. The molecule has 0 aromatic rings. The number of halogens is 1. The molecule has 0 amide bonds. The normalized spacial score (nSPS) is 31.5. The maximum Gasteiger partial charge on any atom is 0.0320 e. The zero-order chi connectivity index (χ0) is 8.27. The van der Waals surface area contributed by atoms with Crippen LogP contribution in [0.3, 0.4) is 0 Å². The van der Waals surface area contributed by atoms with Crippen LogP contribution in [0.15, 0.2) is 12.7 Å². The van der Waals surface area contributed by atoms with Crippen molar-refractivity contribution < 1.29 is 0 Å². The number of nitrogens with zero attached hydrogens (tertiary/aromatic N) is 1. The highest BCUT2D eigenvalue weighted by Crippen LogP contribution is 2.21. The second-order valence-corrected chi connectivity index (χ2v) is 4.04. The standard InChI is InChI=1S/C9H16BrN/c1-3-4-8(2)6-11-7-9(11)5-10/h3,8-9H,1,4-7H2,2H3. The van der Waals surface area contributed by atoms with Crippen LogP contribution in [0.5, 0.6) is 0 Å². The summed E-state index contributed by atoms with van der Waals surface area (Å²) in [4.78, 5) is 2.50. The molecule has 0 aromatic carbocycles. The maximum absolute atomic E-state index is 3.74. The van der Waals surface area contributed by atoms with Gasteiger partial charge in [-0.25, -0.2) is 0 Å². The van der Waals surface area contributed by atoms with E-state index in [0.717, 1.165) is 23.7 Å². The Morgan fingerprint density at radius 1 is 1.82 bits per heavy atom. The van der Waals surface area contributed by atoms with Gasteiger partial charge in [0.1, 0.15) is 0 Å². The summed E-state index contributed by atoms with van der Waals surface area (Å²) in [6.45, 7) is 8.55. The minimum Gasteiger partial charge on any atom is -0.296 e. The van der Waals surface area contributed by atoms with E-state index in [-0.39, 0.29) is 0 Å². The van der Waals surface area contributed by atoms with Gasteiger partial charge in [0.2, 0.25) is 0 Å². The predicted octanol–water partition coefficient (Wildman–Crippen LogP) is 2.28. The Bertz CT molecular complexity index is 136. The van der Waals surface area contributed by atoms with E-state index in [1.54, 1.807) is 0 Å². The fourth-order valence-corrected chi connectivity index (χ4v) is 1.97. The summed E-state index contributed by atoms with van der Waals surface area (Å²) in [5.74, 6) is 0.775. The zero-order valence-electron chi connectivity index (χ0n) is 7.09. The summed E-state index contributed by atoms with van der Waals surface area (Å²) in [5, 5.41) is 1.13. The summed E-state index contributed by atoms with van der Waals surface area (Å²) in [6.07, 6.45) is 3.16.